The van der Waals surface area contributed by atoms with Gasteiger partial charge in [-0.1, -0.05) is 11.3 Å². The van der Waals surface area contributed by atoms with E-state index in [1.165, 1.54) is 17.5 Å². The number of carbonyl (C=O) groups excluding carboxylic acids is 1. The molecule has 2 heterocycles. The summed E-state index contributed by atoms with van der Waals surface area (Å²) in [7, 11) is 0. The van der Waals surface area contributed by atoms with Gasteiger partial charge in [-0.3, -0.25) is 0 Å². The highest BCUT2D eigenvalue weighted by Crippen LogP contribution is 2.22. The van der Waals surface area contributed by atoms with Crippen LogP contribution in [0.5, 0.6) is 0 Å². The number of nitrogens with zero attached hydrogens (tertiary/aromatic N) is 3. The third-order valence-corrected chi connectivity index (χ3v) is 3.47. The van der Waals surface area contributed by atoms with E-state index in [9.17, 15) is 4.79 Å². The number of aromatic nitrogens is 3. The zero-order valence-corrected chi connectivity index (χ0v) is 13.3. The van der Waals surface area contributed by atoms with Crippen LogP contribution in [0, 0.1) is 10.6 Å². The van der Waals surface area contributed by atoms with Gasteiger partial charge in [-0.2, -0.15) is 0 Å². The number of halogens is 1. The number of carbonyl (C=O) groups is 1. The molecule has 2 aromatic heterocycles. The molecule has 0 saturated heterocycles. The Hall–Kier alpha value is -1.29. The number of esters is 1. The molecule has 6 nitrogen and oxygen atoms in total. The highest BCUT2D eigenvalue weighted by molar-refractivity contribution is 14.1. The van der Waals surface area contributed by atoms with Gasteiger partial charge in [-0.15, -0.1) is 0 Å². The van der Waals surface area contributed by atoms with E-state index in [4.69, 9.17) is 4.74 Å². The van der Waals surface area contributed by atoms with Crippen molar-refractivity contribution >= 4 is 50.8 Å². The van der Waals surface area contributed by atoms with Gasteiger partial charge < -0.3 is 10.1 Å². The molecule has 0 fully saturated rings. The zero-order chi connectivity index (χ0) is 13.8. The smallest absolute Gasteiger partial charge is 0.350 e. The van der Waals surface area contributed by atoms with Crippen molar-refractivity contribution in [1.82, 2.24) is 15.0 Å². The lowest BCUT2D eigenvalue weighted by atomic mass is 10.5. The molecule has 0 aliphatic heterocycles. The van der Waals surface area contributed by atoms with E-state index in [1.54, 1.807) is 13.0 Å². The fourth-order valence-electron chi connectivity index (χ4n) is 1.33. The minimum atomic E-state index is -0.360. The number of anilines is 2. The third-order valence-electron chi connectivity index (χ3n) is 2.02. The molecule has 0 unspecified atom stereocenters. The molecule has 0 saturated carbocycles. The highest BCUT2D eigenvalue weighted by Gasteiger charge is 2.12. The molecule has 1 N–H and O–H groups in total. The second-order valence-corrected chi connectivity index (χ2v) is 5.63. The lowest BCUT2D eigenvalue weighted by Crippen LogP contribution is -2.01. The molecular formula is C11H11IN4O2S. The first kappa shape index (κ1) is 14.1. The Morgan fingerprint density at radius 3 is 3.00 bits per heavy atom. The Labute approximate surface area is 127 Å². The van der Waals surface area contributed by atoms with E-state index >= 15 is 0 Å². The van der Waals surface area contributed by atoms with E-state index in [0.717, 1.165) is 3.70 Å². The van der Waals surface area contributed by atoms with Crippen LogP contribution < -0.4 is 5.32 Å². The van der Waals surface area contributed by atoms with Crippen molar-refractivity contribution in [2.75, 3.05) is 11.9 Å². The van der Waals surface area contributed by atoms with Gasteiger partial charge in [0.15, 0.2) is 5.13 Å². The van der Waals surface area contributed by atoms with Gasteiger partial charge in [-0.25, -0.2) is 19.7 Å². The molecule has 2 aromatic rings. The predicted molar refractivity (Wildman–Crippen MR) is 80.8 cm³/mol. The standard InChI is InChI=1S/C11H11IN4O2S/c1-3-18-10(17)7-5-13-11(19-7)16-9-4-8(12)14-6(2)15-9/h4-5H,3H2,1-2H3,(H,13,14,15,16). The molecule has 0 atom stereocenters. The number of rotatable bonds is 4. The van der Waals surface area contributed by atoms with Gasteiger partial charge in [-0.05, 0) is 36.4 Å². The van der Waals surface area contributed by atoms with Gasteiger partial charge in [0.2, 0.25) is 0 Å². The Morgan fingerprint density at radius 2 is 2.32 bits per heavy atom. The van der Waals surface area contributed by atoms with Crippen molar-refractivity contribution in [3.05, 3.63) is 26.7 Å². The van der Waals surface area contributed by atoms with Crippen molar-refractivity contribution in [1.29, 1.82) is 0 Å². The second-order valence-electron chi connectivity index (χ2n) is 3.50. The lowest BCUT2D eigenvalue weighted by Gasteiger charge is -2.02. The van der Waals surface area contributed by atoms with Crippen molar-refractivity contribution in [2.24, 2.45) is 0 Å². The van der Waals surface area contributed by atoms with Crippen LogP contribution in [0.2, 0.25) is 0 Å². The Morgan fingerprint density at radius 1 is 1.53 bits per heavy atom. The predicted octanol–water partition coefficient (Wildman–Crippen LogP) is 2.77. The molecule has 0 aliphatic carbocycles. The minimum Gasteiger partial charge on any atom is -0.462 e. The summed E-state index contributed by atoms with van der Waals surface area (Å²) < 4.78 is 5.75. The largest absolute Gasteiger partial charge is 0.462 e. The topological polar surface area (TPSA) is 77.0 Å². The second kappa shape index (κ2) is 6.24. The number of nitrogens with one attached hydrogen (secondary N) is 1. The quantitative estimate of drug-likeness (QED) is 0.492. The third kappa shape index (κ3) is 3.83. The average Bonchev–Trinajstić information content (AvgIpc) is 2.76. The van der Waals surface area contributed by atoms with E-state index in [2.05, 4.69) is 42.9 Å². The SMILES string of the molecule is CCOC(=O)c1cnc(Nc2cc(I)nc(C)n2)s1. The van der Waals surface area contributed by atoms with E-state index in [1.807, 2.05) is 6.92 Å². The Balaban J connectivity index is 2.13. The van der Waals surface area contributed by atoms with Crippen LogP contribution in [0.15, 0.2) is 12.3 Å². The van der Waals surface area contributed by atoms with Crippen LogP contribution in [0.3, 0.4) is 0 Å². The molecule has 0 aliphatic rings. The van der Waals surface area contributed by atoms with Gasteiger partial charge in [0.25, 0.3) is 0 Å². The van der Waals surface area contributed by atoms with E-state index in [-0.39, 0.29) is 5.97 Å². The summed E-state index contributed by atoms with van der Waals surface area (Å²) in [6.07, 6.45) is 1.49. The maximum absolute atomic E-state index is 11.5. The first-order valence-electron chi connectivity index (χ1n) is 5.49. The maximum Gasteiger partial charge on any atom is 0.350 e. The first-order valence-corrected chi connectivity index (χ1v) is 7.39. The maximum atomic E-state index is 11.5. The van der Waals surface area contributed by atoms with Crippen LogP contribution >= 0.6 is 33.9 Å². The van der Waals surface area contributed by atoms with Crippen molar-refractivity contribution in [3.63, 3.8) is 0 Å². The summed E-state index contributed by atoms with van der Waals surface area (Å²) in [5.41, 5.74) is 0. The van der Waals surface area contributed by atoms with Crippen LogP contribution in [-0.4, -0.2) is 27.5 Å². The van der Waals surface area contributed by atoms with Crippen molar-refractivity contribution in [2.45, 2.75) is 13.8 Å². The number of aryl methyl sites for hydroxylation is 1. The van der Waals surface area contributed by atoms with Crippen LogP contribution in [-0.2, 0) is 4.74 Å². The summed E-state index contributed by atoms with van der Waals surface area (Å²) in [4.78, 5) is 24.5. The van der Waals surface area contributed by atoms with Crippen LogP contribution in [0.4, 0.5) is 10.9 Å². The van der Waals surface area contributed by atoms with Crippen LogP contribution in [0.25, 0.3) is 0 Å². The zero-order valence-electron chi connectivity index (χ0n) is 10.3. The summed E-state index contributed by atoms with van der Waals surface area (Å²) in [6, 6.07) is 1.80. The number of hydrogen-bond donors (Lipinski definition) is 1. The molecule has 19 heavy (non-hydrogen) atoms. The molecular weight excluding hydrogens is 379 g/mol. The van der Waals surface area contributed by atoms with Gasteiger partial charge in [0, 0.05) is 6.07 Å². The molecule has 100 valence electrons. The fraction of sp³-hybridized carbons (Fsp3) is 0.273. The molecule has 0 radical (unpaired) electrons. The number of hydrogen-bond acceptors (Lipinski definition) is 7. The summed E-state index contributed by atoms with van der Waals surface area (Å²) in [5.74, 6) is 0.972. The number of ether oxygens (including phenoxy) is 1. The Kier molecular flexibility index (Phi) is 4.64. The molecule has 2 rings (SSSR count). The summed E-state index contributed by atoms with van der Waals surface area (Å²) >= 11 is 3.35. The fourth-order valence-corrected chi connectivity index (χ4v) is 2.69. The van der Waals surface area contributed by atoms with E-state index in [0.29, 0.717) is 28.3 Å². The van der Waals surface area contributed by atoms with Gasteiger partial charge in [0.05, 0.1) is 12.8 Å². The molecule has 0 bridgehead atoms. The monoisotopic (exact) mass is 390 g/mol. The Bertz CT molecular complexity index is 582. The molecule has 8 heteroatoms. The summed E-state index contributed by atoms with van der Waals surface area (Å²) in [5, 5.41) is 3.64. The first-order chi connectivity index (χ1) is 9.08. The molecule has 0 spiro atoms. The van der Waals surface area contributed by atoms with E-state index < -0.39 is 0 Å². The van der Waals surface area contributed by atoms with Crippen LogP contribution in [0.1, 0.15) is 22.4 Å². The normalized spacial score (nSPS) is 10.3. The van der Waals surface area contributed by atoms with Gasteiger partial charge in [0.1, 0.15) is 20.2 Å². The van der Waals surface area contributed by atoms with Crippen molar-refractivity contribution in [3.8, 4) is 0 Å². The highest BCUT2D eigenvalue weighted by atomic mass is 127. The molecule has 0 aromatic carbocycles. The van der Waals surface area contributed by atoms with Crippen molar-refractivity contribution < 1.29 is 9.53 Å². The number of thiazole rings is 1. The van der Waals surface area contributed by atoms with Gasteiger partial charge >= 0.3 is 5.97 Å². The summed E-state index contributed by atoms with van der Waals surface area (Å²) in [6.45, 7) is 3.94. The minimum absolute atomic E-state index is 0.350. The lowest BCUT2D eigenvalue weighted by molar-refractivity contribution is 0.0532. The average molecular weight is 390 g/mol. The molecule has 0 amide bonds.